The van der Waals surface area contributed by atoms with Crippen molar-refractivity contribution in [2.24, 2.45) is 0 Å². The maximum Gasteiger partial charge on any atom is 0.160 e. The molecule has 0 aliphatic carbocycles. The lowest BCUT2D eigenvalue weighted by Crippen LogP contribution is -1.96. The fraction of sp³-hybridized carbons (Fsp3) is 0. The molecule has 280 valence electrons. The van der Waals surface area contributed by atoms with E-state index in [1.807, 2.05) is 54.6 Å². The van der Waals surface area contributed by atoms with Gasteiger partial charge in [-0.15, -0.1) is 11.3 Å². The van der Waals surface area contributed by atoms with Crippen LogP contribution in [0.2, 0.25) is 0 Å². The first-order chi connectivity index (χ1) is 29.7. The molecule has 0 bridgehead atoms. The molecule has 4 heterocycles. The lowest BCUT2D eigenvalue weighted by Gasteiger charge is -2.13. The Labute approximate surface area is 349 Å². The van der Waals surface area contributed by atoms with E-state index < -0.39 is 0 Å². The maximum atomic E-state index is 6.22. The SMILES string of the molecule is c1ccc(-c2cc(-c3ccccc3)nc(-c3ccc(-c4nc5c(-c6ccc(-c7cccc8oc9ccccc9c78)cc6)cccc5c5c4sc4ccccc45)cc3)n2)cc1. The fourth-order valence-corrected chi connectivity index (χ4v) is 9.88. The number of thiophene rings is 1. The first kappa shape index (κ1) is 34.3. The molecule has 0 radical (unpaired) electrons. The minimum absolute atomic E-state index is 0.683. The summed E-state index contributed by atoms with van der Waals surface area (Å²) in [6.07, 6.45) is 0. The molecule has 0 amide bonds. The highest BCUT2D eigenvalue weighted by Crippen LogP contribution is 2.45. The summed E-state index contributed by atoms with van der Waals surface area (Å²) in [5, 5.41) is 5.90. The Morgan fingerprint density at radius 3 is 1.65 bits per heavy atom. The molecule has 0 spiro atoms. The van der Waals surface area contributed by atoms with Crippen LogP contribution in [0.15, 0.2) is 205 Å². The molecular formula is C55H33N3OS. The van der Waals surface area contributed by atoms with Crippen LogP contribution in [0.1, 0.15) is 0 Å². The Morgan fingerprint density at radius 1 is 0.367 bits per heavy atom. The van der Waals surface area contributed by atoms with Gasteiger partial charge in [0.15, 0.2) is 5.82 Å². The summed E-state index contributed by atoms with van der Waals surface area (Å²) in [4.78, 5) is 15.7. The molecule has 0 aliphatic rings. The van der Waals surface area contributed by atoms with Gasteiger partial charge in [0.25, 0.3) is 0 Å². The van der Waals surface area contributed by atoms with Gasteiger partial charge < -0.3 is 4.42 Å². The van der Waals surface area contributed by atoms with Gasteiger partial charge in [0.1, 0.15) is 11.2 Å². The van der Waals surface area contributed by atoms with Crippen molar-refractivity contribution in [3.05, 3.63) is 200 Å². The largest absolute Gasteiger partial charge is 0.456 e. The van der Waals surface area contributed by atoms with Crippen LogP contribution in [0.3, 0.4) is 0 Å². The van der Waals surface area contributed by atoms with Gasteiger partial charge in [0, 0.05) is 59.4 Å². The number of furan rings is 1. The second kappa shape index (κ2) is 14.0. The highest BCUT2D eigenvalue weighted by Gasteiger charge is 2.20. The summed E-state index contributed by atoms with van der Waals surface area (Å²) in [6.45, 7) is 0. The van der Waals surface area contributed by atoms with Crippen LogP contribution in [-0.4, -0.2) is 15.0 Å². The van der Waals surface area contributed by atoms with E-state index in [4.69, 9.17) is 19.4 Å². The molecule has 0 aliphatic heterocycles. The smallest absolute Gasteiger partial charge is 0.160 e. The van der Waals surface area contributed by atoms with Crippen LogP contribution in [0.5, 0.6) is 0 Å². The molecule has 12 rings (SSSR count). The van der Waals surface area contributed by atoms with Crippen LogP contribution in [0.4, 0.5) is 0 Å². The van der Waals surface area contributed by atoms with Crippen molar-refractivity contribution in [1.29, 1.82) is 0 Å². The van der Waals surface area contributed by atoms with E-state index in [0.29, 0.717) is 5.82 Å². The molecule has 0 unspecified atom stereocenters. The van der Waals surface area contributed by atoms with Crippen molar-refractivity contribution < 1.29 is 4.42 Å². The summed E-state index contributed by atoms with van der Waals surface area (Å²) in [7, 11) is 0. The van der Waals surface area contributed by atoms with E-state index in [-0.39, 0.29) is 0 Å². The molecule has 0 atom stereocenters. The van der Waals surface area contributed by atoms with Crippen molar-refractivity contribution in [1.82, 2.24) is 15.0 Å². The molecule has 0 saturated heterocycles. The van der Waals surface area contributed by atoms with Gasteiger partial charge in [-0.1, -0.05) is 176 Å². The molecule has 12 aromatic rings. The molecule has 4 aromatic heterocycles. The van der Waals surface area contributed by atoms with Gasteiger partial charge in [-0.2, -0.15) is 0 Å². The normalized spacial score (nSPS) is 11.7. The molecule has 5 heteroatoms. The highest BCUT2D eigenvalue weighted by molar-refractivity contribution is 7.26. The van der Waals surface area contributed by atoms with Gasteiger partial charge in [-0.05, 0) is 41.0 Å². The molecule has 4 nitrogen and oxygen atoms in total. The molecule has 0 saturated carbocycles. The third-order valence-corrected chi connectivity index (χ3v) is 12.7. The van der Waals surface area contributed by atoms with E-state index in [9.17, 15) is 0 Å². The Bertz CT molecular complexity index is 3520. The van der Waals surface area contributed by atoms with Crippen LogP contribution in [0, 0.1) is 0 Å². The number of hydrogen-bond donors (Lipinski definition) is 0. The van der Waals surface area contributed by atoms with E-state index in [1.54, 1.807) is 11.3 Å². The van der Waals surface area contributed by atoms with Crippen molar-refractivity contribution >= 4 is 64.4 Å². The topological polar surface area (TPSA) is 51.8 Å². The van der Waals surface area contributed by atoms with Crippen LogP contribution < -0.4 is 0 Å². The first-order valence-corrected chi connectivity index (χ1v) is 20.9. The number of fused-ring (bicyclic) bond motifs is 8. The third kappa shape index (κ3) is 5.70. The minimum atomic E-state index is 0.683. The van der Waals surface area contributed by atoms with Crippen molar-refractivity contribution in [2.45, 2.75) is 0 Å². The number of rotatable bonds is 6. The minimum Gasteiger partial charge on any atom is -0.456 e. The van der Waals surface area contributed by atoms with Crippen molar-refractivity contribution in [3.63, 3.8) is 0 Å². The number of pyridine rings is 1. The second-order valence-corrected chi connectivity index (χ2v) is 16.1. The maximum absolute atomic E-state index is 6.22. The Hall–Kier alpha value is -7.73. The predicted molar refractivity (Wildman–Crippen MR) is 250 cm³/mol. The molecule has 8 aromatic carbocycles. The van der Waals surface area contributed by atoms with E-state index >= 15 is 0 Å². The average Bonchev–Trinajstić information content (AvgIpc) is 3.91. The first-order valence-electron chi connectivity index (χ1n) is 20.1. The monoisotopic (exact) mass is 783 g/mol. The van der Waals surface area contributed by atoms with Gasteiger partial charge in [0.2, 0.25) is 0 Å². The Kier molecular flexibility index (Phi) is 8.00. The summed E-state index contributed by atoms with van der Waals surface area (Å²) in [6, 6.07) is 70.1. The van der Waals surface area contributed by atoms with Crippen LogP contribution >= 0.6 is 11.3 Å². The molecule has 0 fully saturated rings. The summed E-state index contributed by atoms with van der Waals surface area (Å²) in [5.74, 6) is 0.683. The number of hydrogen-bond acceptors (Lipinski definition) is 5. The third-order valence-electron chi connectivity index (χ3n) is 11.5. The van der Waals surface area contributed by atoms with Crippen molar-refractivity contribution in [3.8, 4) is 67.4 Å². The average molecular weight is 784 g/mol. The summed E-state index contributed by atoms with van der Waals surface area (Å²) in [5.41, 5.74) is 14.1. The molecule has 60 heavy (non-hydrogen) atoms. The zero-order valence-electron chi connectivity index (χ0n) is 32.2. The Balaban J connectivity index is 0.991. The Morgan fingerprint density at radius 2 is 0.917 bits per heavy atom. The van der Waals surface area contributed by atoms with Gasteiger partial charge in [0.05, 0.1) is 27.3 Å². The fourth-order valence-electron chi connectivity index (χ4n) is 8.65. The van der Waals surface area contributed by atoms with E-state index in [1.165, 1.54) is 20.2 Å². The lowest BCUT2D eigenvalue weighted by atomic mass is 9.95. The number of nitrogens with zero attached hydrogens (tertiary/aromatic N) is 3. The summed E-state index contributed by atoms with van der Waals surface area (Å²) < 4.78 is 8.64. The second-order valence-electron chi connectivity index (χ2n) is 15.1. The predicted octanol–water partition coefficient (Wildman–Crippen LogP) is 15.3. The van der Waals surface area contributed by atoms with Gasteiger partial charge in [-0.3, -0.25) is 0 Å². The van der Waals surface area contributed by atoms with Crippen LogP contribution in [0.25, 0.3) is 120 Å². The zero-order valence-corrected chi connectivity index (χ0v) is 33.0. The lowest BCUT2D eigenvalue weighted by molar-refractivity contribution is 0.669. The zero-order chi connectivity index (χ0) is 39.6. The van der Waals surface area contributed by atoms with Crippen LogP contribution in [-0.2, 0) is 0 Å². The number of para-hydroxylation sites is 2. The number of benzene rings is 8. The van der Waals surface area contributed by atoms with Crippen molar-refractivity contribution in [2.75, 3.05) is 0 Å². The number of aromatic nitrogens is 3. The highest BCUT2D eigenvalue weighted by atomic mass is 32.1. The van der Waals surface area contributed by atoms with E-state index in [0.717, 1.165) is 94.4 Å². The van der Waals surface area contributed by atoms with E-state index in [2.05, 4.69) is 146 Å². The van der Waals surface area contributed by atoms with Gasteiger partial charge in [-0.25, -0.2) is 15.0 Å². The molecular weight excluding hydrogens is 751 g/mol. The standard InChI is InChI=1S/C55H33N3OS/c1-3-13-36(14-4-1)45-33-46(37-15-5-2-6-16-37)57-55(56-45)39-31-29-38(30-32-39)52-54-51(43-18-8-10-24-49(43)60-54)44-21-11-20-41(53(44)58-52)35-27-25-34(26-28-35)40-19-12-23-48-50(40)42-17-7-9-22-47(42)59-48/h1-33H. The van der Waals surface area contributed by atoms with Gasteiger partial charge >= 0.3 is 0 Å². The summed E-state index contributed by atoms with van der Waals surface area (Å²) >= 11 is 1.81. The molecule has 0 N–H and O–H groups in total. The quantitative estimate of drug-likeness (QED) is 0.169.